The maximum Gasteiger partial charge on any atom is 0.154 e. The lowest BCUT2D eigenvalue weighted by molar-refractivity contribution is 0.591. The summed E-state index contributed by atoms with van der Waals surface area (Å²) in [6.07, 6.45) is 3.01. The second kappa shape index (κ2) is 6.12. The second-order valence-electron chi connectivity index (χ2n) is 4.62. The van der Waals surface area contributed by atoms with Crippen molar-refractivity contribution in [3.8, 4) is 0 Å². The average molecular weight is 278 g/mol. The van der Waals surface area contributed by atoms with Crippen LogP contribution in [0.15, 0.2) is 36.5 Å². The molecule has 0 amide bonds. The van der Waals surface area contributed by atoms with Crippen LogP contribution >= 0.6 is 0 Å². The Hall–Kier alpha value is -1.46. The smallest absolute Gasteiger partial charge is 0.154 e. The maximum absolute atomic E-state index is 11.9. The van der Waals surface area contributed by atoms with Gasteiger partial charge in [-0.25, -0.2) is 8.42 Å². The Morgan fingerprint density at radius 3 is 2.74 bits per heavy atom. The Morgan fingerprint density at radius 2 is 1.95 bits per heavy atom. The molecule has 102 valence electrons. The first kappa shape index (κ1) is 14.0. The zero-order valence-corrected chi connectivity index (χ0v) is 11.6. The van der Waals surface area contributed by atoms with E-state index < -0.39 is 9.84 Å². The van der Waals surface area contributed by atoms with Crippen LogP contribution in [0.1, 0.15) is 18.4 Å². The van der Waals surface area contributed by atoms with Crippen LogP contribution in [-0.2, 0) is 15.6 Å². The Kier molecular flexibility index (Phi) is 4.50. The molecule has 2 rings (SSSR count). The van der Waals surface area contributed by atoms with Gasteiger partial charge in [-0.2, -0.15) is 0 Å². The molecule has 1 aromatic carbocycles. The quantitative estimate of drug-likeness (QED) is 0.819. The van der Waals surface area contributed by atoms with Gasteiger partial charge < -0.3 is 5.73 Å². The zero-order valence-electron chi connectivity index (χ0n) is 10.7. The highest BCUT2D eigenvalue weighted by Gasteiger charge is 2.12. The molecule has 0 aliphatic carbocycles. The first-order chi connectivity index (χ1) is 9.11. The minimum atomic E-state index is -3.07. The Balaban J connectivity index is 2.12. The Labute approximate surface area is 113 Å². The number of benzene rings is 1. The third kappa shape index (κ3) is 4.01. The standard InChI is InChI=1S/C14H18N2O2S/c15-7-3-4-8-19(17,18)11-12-9-13-5-1-2-6-14(13)16-10-12/h1-2,5-6,9-10H,3-4,7-8,11,15H2. The number of fused-ring (bicyclic) bond motifs is 1. The van der Waals surface area contributed by atoms with Gasteiger partial charge in [0.15, 0.2) is 9.84 Å². The lowest BCUT2D eigenvalue weighted by Crippen LogP contribution is -2.11. The molecule has 0 unspecified atom stereocenters. The molecule has 2 aromatic rings. The van der Waals surface area contributed by atoms with Crippen LogP contribution in [-0.4, -0.2) is 25.7 Å². The molecule has 4 nitrogen and oxygen atoms in total. The highest BCUT2D eigenvalue weighted by molar-refractivity contribution is 7.90. The highest BCUT2D eigenvalue weighted by Crippen LogP contribution is 2.15. The molecule has 1 aromatic heterocycles. The van der Waals surface area contributed by atoms with Gasteiger partial charge in [0.05, 0.1) is 17.0 Å². The molecule has 0 bridgehead atoms. The number of hydrogen-bond acceptors (Lipinski definition) is 4. The molecule has 5 heteroatoms. The van der Waals surface area contributed by atoms with Gasteiger partial charge in [0.25, 0.3) is 0 Å². The molecule has 19 heavy (non-hydrogen) atoms. The normalized spacial score (nSPS) is 11.8. The molecule has 0 saturated carbocycles. The number of sulfone groups is 1. The van der Waals surface area contributed by atoms with E-state index in [0.29, 0.717) is 13.0 Å². The van der Waals surface area contributed by atoms with Gasteiger partial charge in [0, 0.05) is 11.6 Å². The third-order valence-corrected chi connectivity index (χ3v) is 4.63. The number of hydrogen-bond donors (Lipinski definition) is 1. The van der Waals surface area contributed by atoms with Crippen LogP contribution < -0.4 is 5.73 Å². The second-order valence-corrected chi connectivity index (χ2v) is 6.81. The summed E-state index contributed by atoms with van der Waals surface area (Å²) in [4.78, 5) is 4.28. The van der Waals surface area contributed by atoms with Crippen molar-refractivity contribution in [2.24, 2.45) is 5.73 Å². The van der Waals surface area contributed by atoms with Crippen LogP contribution in [0, 0.1) is 0 Å². The molecule has 1 heterocycles. The van der Waals surface area contributed by atoms with Crippen molar-refractivity contribution in [2.75, 3.05) is 12.3 Å². The number of pyridine rings is 1. The minimum absolute atomic E-state index is 0.0510. The van der Waals surface area contributed by atoms with E-state index in [-0.39, 0.29) is 11.5 Å². The van der Waals surface area contributed by atoms with Crippen molar-refractivity contribution in [1.29, 1.82) is 0 Å². The summed E-state index contributed by atoms with van der Waals surface area (Å²) >= 11 is 0. The Morgan fingerprint density at radius 1 is 1.16 bits per heavy atom. The molecule has 0 aliphatic rings. The van der Waals surface area contributed by atoms with Gasteiger partial charge in [-0.15, -0.1) is 0 Å². The van der Waals surface area contributed by atoms with Crippen LogP contribution in [0.5, 0.6) is 0 Å². The van der Waals surface area contributed by atoms with E-state index in [1.54, 1.807) is 6.20 Å². The predicted octanol–water partition coefficient (Wildman–Crippen LogP) is 1.89. The van der Waals surface area contributed by atoms with Crippen LogP contribution in [0.3, 0.4) is 0 Å². The molecular formula is C14H18N2O2S. The van der Waals surface area contributed by atoms with Gasteiger partial charge in [0.1, 0.15) is 0 Å². The lowest BCUT2D eigenvalue weighted by Gasteiger charge is -2.05. The lowest BCUT2D eigenvalue weighted by atomic mass is 10.2. The summed E-state index contributed by atoms with van der Waals surface area (Å²) < 4.78 is 23.9. The van der Waals surface area contributed by atoms with Crippen molar-refractivity contribution in [3.63, 3.8) is 0 Å². The molecule has 0 aliphatic heterocycles. The van der Waals surface area contributed by atoms with Gasteiger partial charge in [-0.3, -0.25) is 4.98 Å². The summed E-state index contributed by atoms with van der Waals surface area (Å²) in [5, 5.41) is 0.970. The third-order valence-electron chi connectivity index (χ3n) is 2.94. The molecule has 0 spiro atoms. The van der Waals surface area contributed by atoms with Gasteiger partial charge in [0.2, 0.25) is 0 Å². The molecule has 0 atom stereocenters. The van der Waals surface area contributed by atoms with E-state index in [0.717, 1.165) is 22.9 Å². The van der Waals surface area contributed by atoms with Crippen molar-refractivity contribution in [3.05, 3.63) is 42.1 Å². The summed E-state index contributed by atoms with van der Waals surface area (Å²) in [6, 6.07) is 9.58. The van der Waals surface area contributed by atoms with Gasteiger partial charge in [-0.1, -0.05) is 18.2 Å². The molecule has 2 N–H and O–H groups in total. The average Bonchev–Trinajstić information content (AvgIpc) is 2.38. The topological polar surface area (TPSA) is 73.1 Å². The van der Waals surface area contributed by atoms with Crippen molar-refractivity contribution < 1.29 is 8.42 Å². The van der Waals surface area contributed by atoms with Crippen LogP contribution in [0.2, 0.25) is 0 Å². The summed E-state index contributed by atoms with van der Waals surface area (Å²) in [6.45, 7) is 0.535. The van der Waals surface area contributed by atoms with E-state index in [1.807, 2.05) is 30.3 Å². The first-order valence-electron chi connectivity index (χ1n) is 6.35. The summed E-state index contributed by atoms with van der Waals surface area (Å²) in [7, 11) is -3.07. The number of para-hydroxylation sites is 1. The summed E-state index contributed by atoms with van der Waals surface area (Å²) in [5.74, 6) is 0.242. The fourth-order valence-corrected chi connectivity index (χ4v) is 3.44. The van der Waals surface area contributed by atoms with Gasteiger partial charge in [-0.05, 0) is 37.1 Å². The van der Waals surface area contributed by atoms with Crippen molar-refractivity contribution in [2.45, 2.75) is 18.6 Å². The number of rotatable bonds is 6. The zero-order chi connectivity index (χ0) is 13.7. The largest absolute Gasteiger partial charge is 0.330 e. The van der Waals surface area contributed by atoms with Crippen LogP contribution in [0.4, 0.5) is 0 Å². The maximum atomic E-state index is 11.9. The molecule has 0 radical (unpaired) electrons. The van der Waals surface area contributed by atoms with E-state index in [9.17, 15) is 8.42 Å². The van der Waals surface area contributed by atoms with Crippen molar-refractivity contribution >= 4 is 20.7 Å². The molecular weight excluding hydrogens is 260 g/mol. The monoisotopic (exact) mass is 278 g/mol. The SMILES string of the molecule is NCCCCS(=O)(=O)Cc1cnc2ccccc2c1. The first-order valence-corrected chi connectivity index (χ1v) is 8.17. The van der Waals surface area contributed by atoms with Gasteiger partial charge >= 0.3 is 0 Å². The predicted molar refractivity (Wildman–Crippen MR) is 77.5 cm³/mol. The molecule has 0 fully saturated rings. The highest BCUT2D eigenvalue weighted by atomic mass is 32.2. The number of nitrogens with zero attached hydrogens (tertiary/aromatic N) is 1. The Bertz CT molecular complexity index is 653. The number of nitrogens with two attached hydrogens (primary N) is 1. The van der Waals surface area contributed by atoms with E-state index in [4.69, 9.17) is 5.73 Å². The fourth-order valence-electron chi connectivity index (χ4n) is 1.99. The summed E-state index contributed by atoms with van der Waals surface area (Å²) in [5.41, 5.74) is 6.99. The number of aromatic nitrogens is 1. The van der Waals surface area contributed by atoms with E-state index >= 15 is 0 Å². The number of unbranched alkanes of at least 4 members (excludes halogenated alkanes) is 1. The molecule has 0 saturated heterocycles. The van der Waals surface area contributed by atoms with Crippen molar-refractivity contribution in [1.82, 2.24) is 4.98 Å². The fraction of sp³-hybridized carbons (Fsp3) is 0.357. The van der Waals surface area contributed by atoms with Crippen LogP contribution in [0.25, 0.3) is 10.9 Å². The minimum Gasteiger partial charge on any atom is -0.330 e. The van der Waals surface area contributed by atoms with E-state index in [1.165, 1.54) is 0 Å². The van der Waals surface area contributed by atoms with E-state index in [2.05, 4.69) is 4.98 Å².